The number of nitrogens with one attached hydrogen (secondary N) is 1. The summed E-state index contributed by atoms with van der Waals surface area (Å²) in [5.41, 5.74) is 0.550. The highest BCUT2D eigenvalue weighted by Crippen LogP contribution is 2.11. The minimum Gasteiger partial charge on any atom is -0.394 e. The smallest absolute Gasteiger partial charge is 0.220 e. The van der Waals surface area contributed by atoms with Gasteiger partial charge in [0.2, 0.25) is 5.91 Å². The van der Waals surface area contributed by atoms with Crippen molar-refractivity contribution in [2.45, 2.75) is 12.8 Å². The van der Waals surface area contributed by atoms with E-state index in [2.05, 4.69) is 5.32 Å². The minimum atomic E-state index is -0.195. The second-order valence-electron chi connectivity index (χ2n) is 4.12. The monoisotopic (exact) mass is 299 g/mol. The number of Topliss-reactive ketones (excluding diaryl/α,β-unsaturated/α-hetero) is 1. The molecule has 110 valence electrons. The molecule has 1 aromatic rings. The molecule has 6 heteroatoms. The van der Waals surface area contributed by atoms with Crippen molar-refractivity contribution in [1.82, 2.24) is 5.32 Å². The first-order valence-electron chi connectivity index (χ1n) is 6.37. The third-order valence-corrected chi connectivity index (χ3v) is 2.80. The molecule has 1 aromatic carbocycles. The molecule has 0 aromatic heterocycles. The van der Waals surface area contributed by atoms with E-state index in [0.29, 0.717) is 23.7 Å². The minimum absolute atomic E-state index is 0.0382. The number of hydrogen-bond donors (Lipinski definition) is 2. The molecule has 0 saturated heterocycles. The molecule has 5 nitrogen and oxygen atoms in total. The first-order valence-corrected chi connectivity index (χ1v) is 6.75. The van der Waals surface area contributed by atoms with Crippen molar-refractivity contribution in [3.63, 3.8) is 0 Å². The summed E-state index contributed by atoms with van der Waals surface area (Å²) in [5, 5.41) is 11.7. The van der Waals surface area contributed by atoms with Gasteiger partial charge in [0.15, 0.2) is 5.78 Å². The van der Waals surface area contributed by atoms with Crippen molar-refractivity contribution in [3.8, 4) is 0 Å². The SMILES string of the molecule is O=C(CCC(=O)c1ccc(Cl)cc1)NCCOCCO. The number of hydrogen-bond acceptors (Lipinski definition) is 4. The highest BCUT2D eigenvalue weighted by atomic mass is 35.5. The van der Waals surface area contributed by atoms with Gasteiger partial charge in [0.05, 0.1) is 19.8 Å². The van der Waals surface area contributed by atoms with Gasteiger partial charge in [-0.05, 0) is 24.3 Å². The van der Waals surface area contributed by atoms with Crippen LogP contribution in [0.5, 0.6) is 0 Å². The number of carbonyl (C=O) groups is 2. The number of aliphatic hydroxyl groups excluding tert-OH is 1. The second-order valence-corrected chi connectivity index (χ2v) is 4.55. The lowest BCUT2D eigenvalue weighted by atomic mass is 10.1. The number of aliphatic hydroxyl groups is 1. The summed E-state index contributed by atoms with van der Waals surface area (Å²) < 4.78 is 5.00. The molecule has 2 N–H and O–H groups in total. The third-order valence-electron chi connectivity index (χ3n) is 2.55. The molecule has 0 aliphatic carbocycles. The van der Waals surface area contributed by atoms with Crippen LogP contribution in [-0.2, 0) is 9.53 Å². The van der Waals surface area contributed by atoms with Crippen LogP contribution in [0.2, 0.25) is 5.02 Å². The van der Waals surface area contributed by atoms with E-state index in [1.807, 2.05) is 0 Å². The molecule has 0 bridgehead atoms. The lowest BCUT2D eigenvalue weighted by Crippen LogP contribution is -2.27. The number of benzene rings is 1. The number of halogens is 1. The van der Waals surface area contributed by atoms with Crippen LogP contribution in [0.1, 0.15) is 23.2 Å². The Bertz CT molecular complexity index is 433. The zero-order valence-electron chi connectivity index (χ0n) is 11.1. The molecular weight excluding hydrogens is 282 g/mol. The summed E-state index contributed by atoms with van der Waals surface area (Å²) >= 11 is 5.73. The fourth-order valence-electron chi connectivity index (χ4n) is 1.52. The molecule has 0 aliphatic rings. The number of ether oxygens (including phenoxy) is 1. The Kier molecular flexibility index (Phi) is 7.87. The van der Waals surface area contributed by atoms with Gasteiger partial charge in [-0.15, -0.1) is 0 Å². The Morgan fingerprint density at radius 2 is 1.85 bits per heavy atom. The van der Waals surface area contributed by atoms with E-state index in [1.165, 1.54) is 0 Å². The fourth-order valence-corrected chi connectivity index (χ4v) is 1.65. The van der Waals surface area contributed by atoms with Gasteiger partial charge < -0.3 is 15.2 Å². The number of rotatable bonds is 9. The van der Waals surface area contributed by atoms with E-state index < -0.39 is 0 Å². The third kappa shape index (κ3) is 6.65. The maximum absolute atomic E-state index is 11.8. The first-order chi connectivity index (χ1) is 9.63. The second kappa shape index (κ2) is 9.47. The quantitative estimate of drug-likeness (QED) is 0.534. The molecule has 0 saturated carbocycles. The van der Waals surface area contributed by atoms with Crippen LogP contribution in [0.4, 0.5) is 0 Å². The summed E-state index contributed by atoms with van der Waals surface area (Å²) in [6.07, 6.45) is 0.298. The zero-order valence-corrected chi connectivity index (χ0v) is 11.9. The van der Waals surface area contributed by atoms with Crippen LogP contribution < -0.4 is 5.32 Å². The van der Waals surface area contributed by atoms with E-state index in [1.54, 1.807) is 24.3 Å². The van der Waals surface area contributed by atoms with Crippen LogP contribution in [0.25, 0.3) is 0 Å². The Morgan fingerprint density at radius 3 is 2.50 bits per heavy atom. The molecule has 0 radical (unpaired) electrons. The molecule has 0 unspecified atom stereocenters. The van der Waals surface area contributed by atoms with Crippen molar-refractivity contribution in [2.75, 3.05) is 26.4 Å². The zero-order chi connectivity index (χ0) is 14.8. The standard InChI is InChI=1S/C14H18ClNO4/c15-12-3-1-11(2-4-12)13(18)5-6-14(19)16-7-9-20-10-8-17/h1-4,17H,5-10H2,(H,16,19). The molecule has 20 heavy (non-hydrogen) atoms. The summed E-state index contributed by atoms with van der Waals surface area (Å²) in [6.45, 7) is 0.930. The molecule has 1 rings (SSSR count). The van der Waals surface area contributed by atoms with Crippen molar-refractivity contribution < 1.29 is 19.4 Å². The van der Waals surface area contributed by atoms with Gasteiger partial charge in [-0.3, -0.25) is 9.59 Å². The van der Waals surface area contributed by atoms with Crippen LogP contribution in [-0.4, -0.2) is 43.2 Å². The number of ketones is 1. The topological polar surface area (TPSA) is 75.6 Å². The van der Waals surface area contributed by atoms with Gasteiger partial charge in [-0.1, -0.05) is 11.6 Å². The molecule has 0 heterocycles. The van der Waals surface area contributed by atoms with Gasteiger partial charge >= 0.3 is 0 Å². The van der Waals surface area contributed by atoms with Crippen molar-refractivity contribution in [3.05, 3.63) is 34.9 Å². The summed E-state index contributed by atoms with van der Waals surface area (Å²) in [4.78, 5) is 23.3. The molecule has 0 fully saturated rings. The van der Waals surface area contributed by atoms with Crippen molar-refractivity contribution in [1.29, 1.82) is 0 Å². The van der Waals surface area contributed by atoms with Crippen LogP contribution >= 0.6 is 11.6 Å². The summed E-state index contributed by atoms with van der Waals surface area (Å²) in [7, 11) is 0. The molecule has 1 amide bonds. The van der Waals surface area contributed by atoms with E-state index in [0.717, 1.165) is 0 Å². The average Bonchev–Trinajstić information content (AvgIpc) is 2.45. The number of carbonyl (C=O) groups excluding carboxylic acids is 2. The van der Waals surface area contributed by atoms with E-state index >= 15 is 0 Å². The maximum atomic E-state index is 11.8. The van der Waals surface area contributed by atoms with E-state index in [4.69, 9.17) is 21.4 Å². The van der Waals surface area contributed by atoms with Crippen LogP contribution in [0.3, 0.4) is 0 Å². The summed E-state index contributed by atoms with van der Waals surface area (Å²) in [5.74, 6) is -0.284. The lowest BCUT2D eigenvalue weighted by Gasteiger charge is -2.05. The van der Waals surface area contributed by atoms with Gasteiger partial charge in [0.25, 0.3) is 0 Å². The van der Waals surface area contributed by atoms with Gasteiger partial charge in [0, 0.05) is 30.0 Å². The predicted octanol–water partition coefficient (Wildman–Crippen LogP) is 1.43. The molecule has 0 atom stereocenters. The Balaban J connectivity index is 2.20. The van der Waals surface area contributed by atoms with Crippen LogP contribution in [0.15, 0.2) is 24.3 Å². The van der Waals surface area contributed by atoms with Gasteiger partial charge in [-0.2, -0.15) is 0 Å². The fraction of sp³-hybridized carbons (Fsp3) is 0.429. The van der Waals surface area contributed by atoms with E-state index in [9.17, 15) is 9.59 Å². The molecule has 0 aliphatic heterocycles. The van der Waals surface area contributed by atoms with Gasteiger partial charge in [0.1, 0.15) is 0 Å². The van der Waals surface area contributed by atoms with E-state index in [-0.39, 0.29) is 37.7 Å². The van der Waals surface area contributed by atoms with Gasteiger partial charge in [-0.25, -0.2) is 0 Å². The Morgan fingerprint density at radius 1 is 1.15 bits per heavy atom. The molecule has 0 spiro atoms. The predicted molar refractivity (Wildman–Crippen MR) is 75.9 cm³/mol. The van der Waals surface area contributed by atoms with Crippen molar-refractivity contribution >= 4 is 23.3 Å². The largest absolute Gasteiger partial charge is 0.394 e. The number of amides is 1. The highest BCUT2D eigenvalue weighted by molar-refractivity contribution is 6.30. The van der Waals surface area contributed by atoms with Crippen LogP contribution in [0, 0.1) is 0 Å². The molecular formula is C14H18ClNO4. The normalized spacial score (nSPS) is 10.3. The summed E-state index contributed by atoms with van der Waals surface area (Å²) in [6, 6.07) is 6.58. The highest BCUT2D eigenvalue weighted by Gasteiger charge is 2.08. The van der Waals surface area contributed by atoms with Crippen molar-refractivity contribution in [2.24, 2.45) is 0 Å². The average molecular weight is 300 g/mol. The first kappa shape index (κ1) is 16.6. The lowest BCUT2D eigenvalue weighted by molar-refractivity contribution is -0.121. The Hall–Kier alpha value is -1.43. The maximum Gasteiger partial charge on any atom is 0.220 e. The Labute approximate surface area is 122 Å².